The molecule has 1 atom stereocenters. The minimum Gasteiger partial charge on any atom is -0.507 e. The molecule has 0 spiro atoms. The summed E-state index contributed by atoms with van der Waals surface area (Å²) >= 11 is 0. The summed E-state index contributed by atoms with van der Waals surface area (Å²) in [6, 6.07) is 3.91. The van der Waals surface area contributed by atoms with Gasteiger partial charge in [0.05, 0.1) is 40.1 Å². The van der Waals surface area contributed by atoms with Crippen LogP contribution in [0.5, 0.6) is 28.7 Å². The number of ether oxygens (including phenoxy) is 5. The summed E-state index contributed by atoms with van der Waals surface area (Å²) in [6.45, 7) is 8.18. The van der Waals surface area contributed by atoms with E-state index in [0.717, 1.165) is 40.7 Å². The normalized spacial score (nSPS) is 15.4. The number of phenols is 1. The second-order valence-corrected chi connectivity index (χ2v) is 9.06. The first-order valence-electron chi connectivity index (χ1n) is 11.1. The number of fused-ring (bicyclic) bond motifs is 3. The molecule has 176 valence electrons. The van der Waals surface area contributed by atoms with Crippen molar-refractivity contribution >= 4 is 0 Å². The summed E-state index contributed by atoms with van der Waals surface area (Å²) in [6.07, 6.45) is 2.75. The molecule has 2 aromatic rings. The van der Waals surface area contributed by atoms with Crippen molar-refractivity contribution in [3.63, 3.8) is 0 Å². The lowest BCUT2D eigenvalue weighted by Gasteiger charge is -2.30. The number of aryl methyl sites for hydroxylation is 2. The van der Waals surface area contributed by atoms with Crippen molar-refractivity contribution < 1.29 is 28.8 Å². The van der Waals surface area contributed by atoms with E-state index >= 15 is 0 Å². The molecule has 6 heteroatoms. The number of aromatic hydroxyl groups is 1. The number of methoxy groups -OCH3 is 4. The second-order valence-electron chi connectivity index (χ2n) is 9.06. The van der Waals surface area contributed by atoms with Crippen LogP contribution in [0.3, 0.4) is 0 Å². The smallest absolute Gasteiger partial charge is 0.203 e. The largest absolute Gasteiger partial charge is 0.507 e. The Kier molecular flexibility index (Phi) is 7.13. The monoisotopic (exact) mass is 444 g/mol. The quantitative estimate of drug-likeness (QED) is 0.578. The molecule has 0 aliphatic heterocycles. The van der Waals surface area contributed by atoms with Gasteiger partial charge in [-0.25, -0.2) is 0 Å². The molecule has 0 saturated heterocycles. The maximum Gasteiger partial charge on any atom is 0.203 e. The first kappa shape index (κ1) is 24.1. The van der Waals surface area contributed by atoms with Crippen LogP contribution in [0.15, 0.2) is 12.1 Å². The molecule has 1 aliphatic carbocycles. The lowest BCUT2D eigenvalue weighted by molar-refractivity contribution is -0.0652. The molecule has 1 N–H and O–H groups in total. The zero-order valence-electron chi connectivity index (χ0n) is 20.5. The number of hydrogen-bond donors (Lipinski definition) is 1. The summed E-state index contributed by atoms with van der Waals surface area (Å²) in [5, 5.41) is 11.5. The minimum atomic E-state index is -0.391. The van der Waals surface area contributed by atoms with Gasteiger partial charge in [0.25, 0.3) is 0 Å². The van der Waals surface area contributed by atoms with Crippen molar-refractivity contribution in [2.75, 3.05) is 28.4 Å². The molecule has 3 rings (SSSR count). The van der Waals surface area contributed by atoms with Gasteiger partial charge in [0.15, 0.2) is 11.5 Å². The molecule has 0 radical (unpaired) electrons. The van der Waals surface area contributed by atoms with Gasteiger partial charge >= 0.3 is 0 Å². The highest BCUT2D eigenvalue weighted by molar-refractivity contribution is 5.88. The van der Waals surface area contributed by atoms with Gasteiger partial charge in [-0.1, -0.05) is 13.3 Å². The number of hydrogen-bond acceptors (Lipinski definition) is 6. The van der Waals surface area contributed by atoms with Gasteiger partial charge in [0, 0.05) is 16.7 Å². The van der Waals surface area contributed by atoms with Crippen molar-refractivity contribution in [1.82, 2.24) is 0 Å². The fourth-order valence-electron chi connectivity index (χ4n) is 4.57. The Balaban J connectivity index is 2.45. The summed E-state index contributed by atoms with van der Waals surface area (Å²) in [7, 11) is 6.47. The third-order valence-corrected chi connectivity index (χ3v) is 5.77. The molecule has 2 aromatic carbocycles. The molecule has 0 heterocycles. The summed E-state index contributed by atoms with van der Waals surface area (Å²) in [5.41, 5.74) is 3.86. The lowest BCUT2D eigenvalue weighted by atomic mass is 9.89. The molecule has 0 saturated carbocycles. The van der Waals surface area contributed by atoms with E-state index < -0.39 is 5.60 Å². The van der Waals surface area contributed by atoms with E-state index in [1.165, 1.54) is 0 Å². The van der Waals surface area contributed by atoms with Crippen LogP contribution in [0.1, 0.15) is 63.3 Å². The highest BCUT2D eigenvalue weighted by atomic mass is 16.5. The number of phenolic OH excluding ortho intramolecular Hbond substituents is 1. The first-order chi connectivity index (χ1) is 15.2. The fourth-order valence-corrected chi connectivity index (χ4v) is 4.57. The van der Waals surface area contributed by atoms with E-state index in [9.17, 15) is 5.11 Å². The first-order valence-corrected chi connectivity index (χ1v) is 11.1. The van der Waals surface area contributed by atoms with E-state index in [2.05, 4.69) is 6.92 Å². The van der Waals surface area contributed by atoms with Crippen LogP contribution in [-0.4, -0.2) is 39.1 Å². The molecule has 0 bridgehead atoms. The van der Waals surface area contributed by atoms with Crippen LogP contribution in [0.4, 0.5) is 0 Å². The SMILES string of the molecule is CCCc1cc(OC)c2c(c1O)[C@H](OC(C)(C)C)CCc1cc(OC)c(OC)c(OC)c1-2. The minimum absolute atomic E-state index is 0.265. The molecule has 0 aromatic heterocycles. The van der Waals surface area contributed by atoms with Crippen molar-refractivity contribution in [2.45, 2.75) is 65.1 Å². The third-order valence-electron chi connectivity index (χ3n) is 5.77. The zero-order valence-corrected chi connectivity index (χ0v) is 20.5. The average molecular weight is 445 g/mol. The van der Waals surface area contributed by atoms with Gasteiger partial charge in [-0.05, 0) is 63.3 Å². The Morgan fingerprint density at radius 1 is 0.906 bits per heavy atom. The van der Waals surface area contributed by atoms with Crippen LogP contribution >= 0.6 is 0 Å². The zero-order chi connectivity index (χ0) is 23.6. The maximum atomic E-state index is 11.5. The molecule has 1 aliphatic rings. The molecule has 0 unspecified atom stereocenters. The number of benzene rings is 2. The Hall–Kier alpha value is -2.60. The Bertz CT molecular complexity index is 974. The van der Waals surface area contributed by atoms with E-state index in [1.54, 1.807) is 28.4 Å². The molecule has 6 nitrogen and oxygen atoms in total. The number of rotatable bonds is 7. The van der Waals surface area contributed by atoms with Crippen LogP contribution < -0.4 is 18.9 Å². The predicted molar refractivity (Wildman–Crippen MR) is 126 cm³/mol. The molecule has 0 fully saturated rings. The summed E-state index contributed by atoms with van der Waals surface area (Å²) in [5.74, 6) is 2.61. The van der Waals surface area contributed by atoms with Gasteiger partial charge in [-0.3, -0.25) is 0 Å². The second kappa shape index (κ2) is 9.49. The summed E-state index contributed by atoms with van der Waals surface area (Å²) < 4.78 is 29.5. The lowest BCUT2D eigenvalue weighted by Crippen LogP contribution is -2.23. The van der Waals surface area contributed by atoms with Gasteiger partial charge in [-0.2, -0.15) is 0 Å². The molecule has 0 amide bonds. The standard InChI is InChI=1S/C26H36O6/c1-9-10-16-14-18(28-5)21-20-15(13-19(29-6)24(30-7)25(20)31-8)11-12-17(22(21)23(16)27)32-26(2,3)4/h13-14,17,27H,9-12H2,1-8H3/t17-/m1/s1. The Morgan fingerprint density at radius 2 is 1.56 bits per heavy atom. The molecule has 32 heavy (non-hydrogen) atoms. The average Bonchev–Trinajstić information content (AvgIpc) is 2.90. The van der Waals surface area contributed by atoms with Crippen molar-refractivity contribution in [2.24, 2.45) is 0 Å². The third kappa shape index (κ3) is 4.33. The highest BCUT2D eigenvalue weighted by Gasteiger charge is 2.36. The predicted octanol–water partition coefficient (Wildman–Crippen LogP) is 5.85. The molecular formula is C26H36O6. The van der Waals surface area contributed by atoms with Gasteiger partial charge in [-0.15, -0.1) is 0 Å². The Morgan fingerprint density at radius 3 is 2.09 bits per heavy atom. The van der Waals surface area contributed by atoms with Crippen LogP contribution in [0.2, 0.25) is 0 Å². The maximum absolute atomic E-state index is 11.5. The van der Waals surface area contributed by atoms with E-state index in [-0.39, 0.29) is 11.9 Å². The van der Waals surface area contributed by atoms with E-state index in [1.807, 2.05) is 32.9 Å². The fraction of sp³-hybridized carbons (Fsp3) is 0.538. The van der Waals surface area contributed by atoms with Gasteiger partial charge in [0.2, 0.25) is 5.75 Å². The molecular weight excluding hydrogens is 408 g/mol. The highest BCUT2D eigenvalue weighted by Crippen LogP contribution is 2.56. The Labute approximate surface area is 191 Å². The van der Waals surface area contributed by atoms with Crippen molar-refractivity contribution in [3.05, 3.63) is 28.8 Å². The van der Waals surface area contributed by atoms with Crippen molar-refractivity contribution in [3.8, 4) is 39.9 Å². The van der Waals surface area contributed by atoms with Crippen LogP contribution in [0, 0.1) is 0 Å². The topological polar surface area (TPSA) is 66.4 Å². The van der Waals surface area contributed by atoms with E-state index in [4.69, 9.17) is 23.7 Å². The van der Waals surface area contributed by atoms with Crippen molar-refractivity contribution in [1.29, 1.82) is 0 Å². The van der Waals surface area contributed by atoms with Crippen LogP contribution in [-0.2, 0) is 17.6 Å². The summed E-state index contributed by atoms with van der Waals surface area (Å²) in [4.78, 5) is 0. The van der Waals surface area contributed by atoms with E-state index in [0.29, 0.717) is 35.8 Å². The van der Waals surface area contributed by atoms with Crippen LogP contribution in [0.25, 0.3) is 11.1 Å². The van der Waals surface area contributed by atoms with Gasteiger partial charge < -0.3 is 28.8 Å². The van der Waals surface area contributed by atoms with Gasteiger partial charge in [0.1, 0.15) is 11.5 Å².